The first-order valence-corrected chi connectivity index (χ1v) is 13.9. The number of rotatable bonds is 11. The summed E-state index contributed by atoms with van der Waals surface area (Å²) in [5, 5.41) is 4.04. The van der Waals surface area contributed by atoms with E-state index in [1.807, 2.05) is 59.5 Å². The van der Waals surface area contributed by atoms with Crippen LogP contribution in [0.25, 0.3) is 0 Å². The SMILES string of the molecule is Cc1ccc(Cc2nsc(N(CC(=O)NC(Cc3ccccc3)c3ccccc3)Cc3ccccc3)n2)cc1. The molecule has 5 rings (SSSR count). The van der Waals surface area contributed by atoms with Crippen LogP contribution in [0.5, 0.6) is 0 Å². The summed E-state index contributed by atoms with van der Waals surface area (Å²) in [6, 6.07) is 38.9. The molecule has 1 unspecified atom stereocenters. The van der Waals surface area contributed by atoms with E-state index in [2.05, 4.69) is 77.3 Å². The average Bonchev–Trinajstić information content (AvgIpc) is 3.44. The molecule has 0 spiro atoms. The zero-order chi connectivity index (χ0) is 26.9. The molecule has 0 saturated heterocycles. The smallest absolute Gasteiger partial charge is 0.240 e. The first-order valence-electron chi connectivity index (χ1n) is 13.2. The van der Waals surface area contributed by atoms with Crippen LogP contribution in [0.15, 0.2) is 115 Å². The fourth-order valence-corrected chi connectivity index (χ4v) is 5.21. The highest BCUT2D eigenvalue weighted by molar-refractivity contribution is 7.09. The van der Waals surface area contributed by atoms with Gasteiger partial charge in [0.15, 0.2) is 0 Å². The van der Waals surface area contributed by atoms with Gasteiger partial charge in [-0.15, -0.1) is 0 Å². The van der Waals surface area contributed by atoms with Crippen LogP contribution >= 0.6 is 11.5 Å². The summed E-state index contributed by atoms with van der Waals surface area (Å²) < 4.78 is 4.63. The fourth-order valence-electron chi connectivity index (χ4n) is 4.53. The number of carbonyl (C=O) groups excluding carboxylic acids is 1. The monoisotopic (exact) mass is 532 g/mol. The molecule has 0 saturated carbocycles. The Bertz CT molecular complexity index is 1450. The topological polar surface area (TPSA) is 58.1 Å². The summed E-state index contributed by atoms with van der Waals surface area (Å²) in [6.45, 7) is 2.84. The number of nitrogens with zero attached hydrogens (tertiary/aromatic N) is 3. The van der Waals surface area contributed by atoms with Gasteiger partial charge in [-0.3, -0.25) is 4.79 Å². The maximum Gasteiger partial charge on any atom is 0.240 e. The first kappa shape index (κ1) is 26.3. The second-order valence-electron chi connectivity index (χ2n) is 9.72. The number of hydrogen-bond acceptors (Lipinski definition) is 5. The Morgan fingerprint density at radius 1 is 0.795 bits per heavy atom. The molecular weight excluding hydrogens is 500 g/mol. The summed E-state index contributed by atoms with van der Waals surface area (Å²) in [5.41, 5.74) is 5.78. The van der Waals surface area contributed by atoms with Crippen molar-refractivity contribution in [2.75, 3.05) is 11.4 Å². The van der Waals surface area contributed by atoms with Gasteiger partial charge in [0.05, 0.1) is 12.6 Å². The third-order valence-corrected chi connectivity index (χ3v) is 7.40. The van der Waals surface area contributed by atoms with Crippen LogP contribution in [-0.2, 0) is 24.2 Å². The van der Waals surface area contributed by atoms with Crippen LogP contribution in [0.1, 0.15) is 39.7 Å². The predicted molar refractivity (Wildman–Crippen MR) is 159 cm³/mol. The molecular formula is C33H32N4OS. The van der Waals surface area contributed by atoms with Gasteiger partial charge in [-0.2, -0.15) is 4.37 Å². The molecule has 5 aromatic rings. The van der Waals surface area contributed by atoms with E-state index in [9.17, 15) is 4.79 Å². The number of anilines is 1. The normalized spacial score (nSPS) is 11.6. The van der Waals surface area contributed by atoms with Crippen molar-refractivity contribution in [1.82, 2.24) is 14.7 Å². The Labute approximate surface area is 234 Å². The van der Waals surface area contributed by atoms with Crippen LogP contribution in [0, 0.1) is 6.92 Å². The van der Waals surface area contributed by atoms with Crippen LogP contribution in [0.3, 0.4) is 0 Å². The van der Waals surface area contributed by atoms with Crippen LogP contribution < -0.4 is 10.2 Å². The lowest BCUT2D eigenvalue weighted by Crippen LogP contribution is -2.39. The van der Waals surface area contributed by atoms with Crippen LogP contribution in [0.4, 0.5) is 5.13 Å². The third kappa shape index (κ3) is 7.62. The highest BCUT2D eigenvalue weighted by atomic mass is 32.1. The second kappa shape index (κ2) is 13.0. The maximum atomic E-state index is 13.5. The molecule has 0 fully saturated rings. The molecule has 5 nitrogen and oxygen atoms in total. The number of benzene rings is 4. The quantitative estimate of drug-likeness (QED) is 0.210. The van der Waals surface area contributed by atoms with E-state index < -0.39 is 0 Å². The van der Waals surface area contributed by atoms with Crippen LogP contribution in [0.2, 0.25) is 0 Å². The third-order valence-electron chi connectivity index (χ3n) is 6.58. The fraction of sp³-hybridized carbons (Fsp3) is 0.182. The zero-order valence-corrected chi connectivity index (χ0v) is 22.9. The molecule has 0 aliphatic heterocycles. The lowest BCUT2D eigenvalue weighted by Gasteiger charge is -2.24. The Morgan fingerprint density at radius 2 is 1.41 bits per heavy atom. The molecule has 1 N–H and O–H groups in total. The van der Waals surface area contributed by atoms with Crippen molar-refractivity contribution in [2.45, 2.75) is 32.4 Å². The van der Waals surface area contributed by atoms with Gasteiger partial charge in [0, 0.05) is 24.5 Å². The van der Waals surface area contributed by atoms with Crippen molar-refractivity contribution in [3.05, 3.63) is 149 Å². The summed E-state index contributed by atoms with van der Waals surface area (Å²) in [5.74, 6) is 0.717. The van der Waals surface area contributed by atoms with Gasteiger partial charge in [-0.05, 0) is 35.6 Å². The number of nitrogens with one attached hydrogen (secondary N) is 1. The van der Waals surface area contributed by atoms with E-state index in [1.54, 1.807) is 0 Å². The lowest BCUT2D eigenvalue weighted by atomic mass is 9.99. The van der Waals surface area contributed by atoms with E-state index in [0.717, 1.165) is 28.5 Å². The van der Waals surface area contributed by atoms with Crippen molar-refractivity contribution in [3.8, 4) is 0 Å². The molecule has 1 atom stereocenters. The van der Waals surface area contributed by atoms with E-state index in [4.69, 9.17) is 4.98 Å². The van der Waals surface area contributed by atoms with Gasteiger partial charge in [0.2, 0.25) is 11.0 Å². The molecule has 1 heterocycles. The molecule has 1 aromatic heterocycles. The van der Waals surface area contributed by atoms with Gasteiger partial charge in [0.1, 0.15) is 5.82 Å². The number of aryl methyl sites for hydroxylation is 1. The highest BCUT2D eigenvalue weighted by Crippen LogP contribution is 2.23. The minimum atomic E-state index is -0.133. The molecule has 0 aliphatic carbocycles. The first-order chi connectivity index (χ1) is 19.1. The zero-order valence-electron chi connectivity index (χ0n) is 22.0. The van der Waals surface area contributed by atoms with Gasteiger partial charge >= 0.3 is 0 Å². The minimum absolute atomic E-state index is 0.0500. The molecule has 39 heavy (non-hydrogen) atoms. The summed E-state index contributed by atoms with van der Waals surface area (Å²) in [6.07, 6.45) is 1.38. The van der Waals surface area contributed by atoms with E-state index in [1.165, 1.54) is 28.2 Å². The predicted octanol–water partition coefficient (Wildman–Crippen LogP) is 6.54. The van der Waals surface area contributed by atoms with Crippen molar-refractivity contribution in [1.29, 1.82) is 0 Å². The average molecular weight is 533 g/mol. The number of amides is 1. The summed E-state index contributed by atoms with van der Waals surface area (Å²) in [7, 11) is 0. The van der Waals surface area contributed by atoms with E-state index in [0.29, 0.717) is 13.0 Å². The Morgan fingerprint density at radius 3 is 2.08 bits per heavy atom. The Balaban J connectivity index is 1.34. The summed E-state index contributed by atoms with van der Waals surface area (Å²) in [4.78, 5) is 20.4. The van der Waals surface area contributed by atoms with E-state index in [-0.39, 0.29) is 18.5 Å². The Hall–Kier alpha value is -4.29. The molecule has 1 amide bonds. The molecule has 196 valence electrons. The lowest BCUT2D eigenvalue weighted by molar-refractivity contribution is -0.120. The number of carbonyl (C=O) groups is 1. The summed E-state index contributed by atoms with van der Waals surface area (Å²) >= 11 is 1.34. The highest BCUT2D eigenvalue weighted by Gasteiger charge is 2.20. The van der Waals surface area contributed by atoms with Gasteiger partial charge < -0.3 is 10.2 Å². The molecule has 4 aromatic carbocycles. The van der Waals surface area contributed by atoms with Crippen LogP contribution in [-0.4, -0.2) is 21.8 Å². The van der Waals surface area contributed by atoms with E-state index >= 15 is 0 Å². The number of hydrogen-bond donors (Lipinski definition) is 1. The molecule has 0 radical (unpaired) electrons. The second-order valence-corrected chi connectivity index (χ2v) is 10.4. The van der Waals surface area contributed by atoms with Crippen molar-refractivity contribution >= 4 is 22.6 Å². The minimum Gasteiger partial charge on any atom is -0.347 e. The maximum absolute atomic E-state index is 13.5. The standard InChI is InChI=1S/C33H32N4OS/c1-25-17-19-27(20-18-25)22-31-35-33(39-36-31)37(23-28-13-7-3-8-14-28)24-32(38)34-30(29-15-9-4-10-16-29)21-26-11-5-2-6-12-26/h2-20,30H,21-24H2,1H3,(H,34,38). The Kier molecular flexibility index (Phi) is 8.76. The molecule has 6 heteroatoms. The molecule has 0 aliphatic rings. The van der Waals surface area contributed by atoms with Crippen molar-refractivity contribution in [2.24, 2.45) is 0 Å². The molecule has 0 bridgehead atoms. The van der Waals surface area contributed by atoms with Gasteiger partial charge in [-0.1, -0.05) is 121 Å². The van der Waals surface area contributed by atoms with Crippen molar-refractivity contribution < 1.29 is 4.79 Å². The van der Waals surface area contributed by atoms with Crippen molar-refractivity contribution in [3.63, 3.8) is 0 Å². The largest absolute Gasteiger partial charge is 0.347 e. The van der Waals surface area contributed by atoms with Gasteiger partial charge in [0.25, 0.3) is 0 Å². The van der Waals surface area contributed by atoms with Gasteiger partial charge in [-0.25, -0.2) is 4.98 Å². The number of aromatic nitrogens is 2.